The number of hydrogen-bond donors (Lipinski definition) is 2. The summed E-state index contributed by atoms with van der Waals surface area (Å²) in [6.07, 6.45) is -0.00506. The fraction of sp³-hybridized carbons (Fsp3) is 0.0667. The van der Waals surface area contributed by atoms with Crippen LogP contribution in [-0.4, -0.2) is 11.8 Å². The van der Waals surface area contributed by atoms with Gasteiger partial charge in [-0.15, -0.1) is 0 Å². The Morgan fingerprint density at radius 3 is 2.52 bits per heavy atom. The van der Waals surface area contributed by atoms with Crippen molar-refractivity contribution in [3.05, 3.63) is 63.9 Å². The van der Waals surface area contributed by atoms with Crippen molar-refractivity contribution in [3.8, 4) is 0 Å². The first-order chi connectivity index (χ1) is 9.99. The average molecular weight is 351 g/mol. The average Bonchev–Trinajstić information content (AvgIpc) is 2.40. The third kappa shape index (κ3) is 3.66. The van der Waals surface area contributed by atoms with E-state index in [1.165, 1.54) is 12.1 Å². The van der Waals surface area contributed by atoms with Crippen molar-refractivity contribution in [2.24, 2.45) is 5.73 Å². The monoisotopic (exact) mass is 350 g/mol. The van der Waals surface area contributed by atoms with Gasteiger partial charge in [-0.1, -0.05) is 24.3 Å². The summed E-state index contributed by atoms with van der Waals surface area (Å²) in [5.41, 5.74) is 6.08. The number of primary amides is 1. The molecule has 0 aliphatic heterocycles. The van der Waals surface area contributed by atoms with Crippen LogP contribution in [0.5, 0.6) is 0 Å². The van der Waals surface area contributed by atoms with Gasteiger partial charge in [-0.05, 0) is 39.7 Å². The minimum Gasteiger partial charge on any atom is -0.369 e. The molecule has 0 unspecified atom stereocenters. The molecule has 0 saturated heterocycles. The minimum absolute atomic E-state index is 0.00506. The van der Waals surface area contributed by atoms with Crippen LogP contribution in [0.2, 0.25) is 0 Å². The summed E-state index contributed by atoms with van der Waals surface area (Å²) < 4.78 is 14.1. The van der Waals surface area contributed by atoms with Gasteiger partial charge in [-0.3, -0.25) is 9.59 Å². The van der Waals surface area contributed by atoms with Crippen molar-refractivity contribution < 1.29 is 14.0 Å². The molecule has 21 heavy (non-hydrogen) atoms. The van der Waals surface area contributed by atoms with E-state index < -0.39 is 17.6 Å². The first-order valence-corrected chi connectivity index (χ1v) is 6.90. The van der Waals surface area contributed by atoms with E-state index in [9.17, 15) is 14.0 Å². The SMILES string of the molecule is NC(=O)Cc1ccccc1NC(=O)c1c(F)cccc1Br. The summed E-state index contributed by atoms with van der Waals surface area (Å²) >= 11 is 3.14. The van der Waals surface area contributed by atoms with Crippen LogP contribution < -0.4 is 11.1 Å². The number of para-hydroxylation sites is 1. The molecule has 6 heteroatoms. The number of rotatable bonds is 4. The molecule has 2 rings (SSSR count). The number of nitrogens with two attached hydrogens (primary N) is 1. The van der Waals surface area contributed by atoms with Crippen LogP contribution in [0.4, 0.5) is 10.1 Å². The number of nitrogens with one attached hydrogen (secondary N) is 1. The molecule has 0 aromatic heterocycles. The van der Waals surface area contributed by atoms with Crippen molar-refractivity contribution in [1.29, 1.82) is 0 Å². The number of carbonyl (C=O) groups excluding carboxylic acids is 2. The summed E-state index contributed by atoms with van der Waals surface area (Å²) in [5, 5.41) is 2.60. The van der Waals surface area contributed by atoms with E-state index in [1.807, 2.05) is 0 Å². The highest BCUT2D eigenvalue weighted by molar-refractivity contribution is 9.10. The van der Waals surface area contributed by atoms with Gasteiger partial charge in [0.1, 0.15) is 5.82 Å². The maximum atomic E-state index is 13.7. The summed E-state index contributed by atoms with van der Waals surface area (Å²) in [5.74, 6) is -1.74. The maximum Gasteiger partial charge on any atom is 0.259 e. The van der Waals surface area contributed by atoms with Crippen LogP contribution >= 0.6 is 15.9 Å². The third-order valence-electron chi connectivity index (χ3n) is 2.82. The van der Waals surface area contributed by atoms with Crippen molar-refractivity contribution in [2.45, 2.75) is 6.42 Å². The number of benzene rings is 2. The molecule has 0 radical (unpaired) electrons. The lowest BCUT2D eigenvalue weighted by molar-refractivity contribution is -0.117. The van der Waals surface area contributed by atoms with E-state index in [-0.39, 0.29) is 12.0 Å². The van der Waals surface area contributed by atoms with Gasteiger partial charge in [0, 0.05) is 10.2 Å². The second-order valence-corrected chi connectivity index (χ2v) is 5.21. The van der Waals surface area contributed by atoms with Gasteiger partial charge < -0.3 is 11.1 Å². The van der Waals surface area contributed by atoms with Crippen molar-refractivity contribution >= 4 is 33.4 Å². The van der Waals surface area contributed by atoms with Gasteiger partial charge >= 0.3 is 0 Å². The normalized spacial score (nSPS) is 10.2. The summed E-state index contributed by atoms with van der Waals surface area (Å²) in [6, 6.07) is 11.0. The summed E-state index contributed by atoms with van der Waals surface area (Å²) in [6.45, 7) is 0. The fourth-order valence-corrected chi connectivity index (χ4v) is 2.41. The van der Waals surface area contributed by atoms with Gasteiger partial charge in [0.25, 0.3) is 5.91 Å². The molecule has 0 spiro atoms. The van der Waals surface area contributed by atoms with Crippen LogP contribution in [0.1, 0.15) is 15.9 Å². The molecule has 0 aliphatic rings. The van der Waals surface area contributed by atoms with Crippen molar-refractivity contribution in [2.75, 3.05) is 5.32 Å². The Balaban J connectivity index is 2.30. The predicted molar refractivity (Wildman–Crippen MR) is 81.4 cm³/mol. The molecular weight excluding hydrogens is 339 g/mol. The molecule has 0 aliphatic carbocycles. The molecule has 3 N–H and O–H groups in total. The first-order valence-electron chi connectivity index (χ1n) is 6.10. The molecule has 2 aromatic rings. The Kier molecular flexibility index (Phi) is 4.70. The lowest BCUT2D eigenvalue weighted by atomic mass is 10.1. The van der Waals surface area contributed by atoms with E-state index in [0.717, 1.165) is 0 Å². The van der Waals surface area contributed by atoms with Crippen LogP contribution in [0.25, 0.3) is 0 Å². The highest BCUT2D eigenvalue weighted by atomic mass is 79.9. The summed E-state index contributed by atoms with van der Waals surface area (Å²) in [4.78, 5) is 23.2. The zero-order valence-corrected chi connectivity index (χ0v) is 12.5. The summed E-state index contributed by atoms with van der Waals surface area (Å²) in [7, 11) is 0. The van der Waals surface area contributed by atoms with Gasteiger partial charge in [-0.25, -0.2) is 4.39 Å². The van der Waals surface area contributed by atoms with Crippen LogP contribution in [0.3, 0.4) is 0 Å². The fourth-order valence-electron chi connectivity index (χ4n) is 1.88. The Morgan fingerprint density at radius 2 is 1.86 bits per heavy atom. The smallest absolute Gasteiger partial charge is 0.259 e. The Bertz CT molecular complexity index is 684. The topological polar surface area (TPSA) is 72.2 Å². The number of hydrogen-bond acceptors (Lipinski definition) is 2. The zero-order chi connectivity index (χ0) is 15.4. The molecule has 0 saturated carbocycles. The minimum atomic E-state index is -0.630. The Hall–Kier alpha value is -2.21. The van der Waals surface area contributed by atoms with E-state index in [0.29, 0.717) is 15.7 Å². The standard InChI is InChI=1S/C15H12BrFN2O2/c16-10-5-3-6-11(17)14(10)15(21)19-12-7-2-1-4-9(12)8-13(18)20/h1-7H,8H2,(H2,18,20)(H,19,21). The molecule has 2 aromatic carbocycles. The van der Waals surface area contributed by atoms with Gasteiger partial charge in [0.2, 0.25) is 5.91 Å². The number of amides is 2. The molecule has 2 amide bonds. The van der Waals surface area contributed by atoms with Gasteiger partial charge in [-0.2, -0.15) is 0 Å². The van der Waals surface area contributed by atoms with Crippen molar-refractivity contribution in [1.82, 2.24) is 0 Å². The number of halogens is 2. The molecule has 0 fully saturated rings. The quantitative estimate of drug-likeness (QED) is 0.889. The van der Waals surface area contributed by atoms with Crippen LogP contribution in [0, 0.1) is 5.82 Å². The molecule has 0 atom stereocenters. The second-order valence-electron chi connectivity index (χ2n) is 4.35. The lowest BCUT2D eigenvalue weighted by Crippen LogP contribution is -2.18. The highest BCUT2D eigenvalue weighted by Gasteiger charge is 2.16. The van der Waals surface area contributed by atoms with E-state index in [1.54, 1.807) is 30.3 Å². The second kappa shape index (κ2) is 6.49. The number of carbonyl (C=O) groups is 2. The van der Waals surface area contributed by atoms with E-state index in [4.69, 9.17) is 5.73 Å². The van der Waals surface area contributed by atoms with E-state index >= 15 is 0 Å². The first kappa shape index (κ1) is 15.2. The molecular formula is C15H12BrFN2O2. The Labute approximate surface area is 129 Å². The third-order valence-corrected chi connectivity index (χ3v) is 3.48. The van der Waals surface area contributed by atoms with Crippen molar-refractivity contribution in [3.63, 3.8) is 0 Å². The van der Waals surface area contributed by atoms with Crippen LogP contribution in [-0.2, 0) is 11.2 Å². The maximum absolute atomic E-state index is 13.7. The van der Waals surface area contributed by atoms with Crippen LogP contribution in [0.15, 0.2) is 46.9 Å². The zero-order valence-electron chi connectivity index (χ0n) is 10.9. The Morgan fingerprint density at radius 1 is 1.14 bits per heavy atom. The number of anilines is 1. The molecule has 4 nitrogen and oxygen atoms in total. The van der Waals surface area contributed by atoms with Gasteiger partial charge in [0.15, 0.2) is 0 Å². The molecule has 0 bridgehead atoms. The largest absolute Gasteiger partial charge is 0.369 e. The predicted octanol–water partition coefficient (Wildman–Crippen LogP) is 2.87. The van der Waals surface area contributed by atoms with E-state index in [2.05, 4.69) is 21.2 Å². The molecule has 108 valence electrons. The van der Waals surface area contributed by atoms with Gasteiger partial charge in [0.05, 0.1) is 12.0 Å². The molecule has 0 heterocycles. The lowest BCUT2D eigenvalue weighted by Gasteiger charge is -2.11. The highest BCUT2D eigenvalue weighted by Crippen LogP contribution is 2.22.